The van der Waals surface area contributed by atoms with Gasteiger partial charge in [-0.25, -0.2) is 0 Å². The third-order valence-electron chi connectivity index (χ3n) is 3.83. The van der Waals surface area contributed by atoms with Crippen LogP contribution < -0.4 is 10.6 Å². The number of amides is 1. The number of benzene rings is 1. The number of aromatic nitrogens is 4. The summed E-state index contributed by atoms with van der Waals surface area (Å²) in [5.74, 6) is 0.383. The van der Waals surface area contributed by atoms with Crippen LogP contribution in [0, 0.1) is 0 Å². The number of rotatable bonds is 4. The van der Waals surface area contributed by atoms with Crippen LogP contribution in [0.4, 0.5) is 0 Å². The van der Waals surface area contributed by atoms with E-state index < -0.39 is 0 Å². The molecule has 2 heterocycles. The number of carbonyl (C=O) groups excluding carboxylic acids is 1. The van der Waals surface area contributed by atoms with Crippen LogP contribution in [0.15, 0.2) is 24.3 Å². The van der Waals surface area contributed by atoms with Gasteiger partial charge in [0.15, 0.2) is 0 Å². The summed E-state index contributed by atoms with van der Waals surface area (Å²) in [4.78, 5) is 13.4. The zero-order valence-corrected chi connectivity index (χ0v) is 14.8. The molecule has 3 rings (SSSR count). The van der Waals surface area contributed by atoms with Gasteiger partial charge in [-0.3, -0.25) is 4.79 Å². The number of halogens is 2. The lowest BCUT2D eigenvalue weighted by atomic mass is 10.0. The Labute approximate surface area is 151 Å². The molecule has 1 aliphatic heterocycles. The molecule has 1 amide bonds. The van der Waals surface area contributed by atoms with E-state index in [0.717, 1.165) is 24.9 Å². The Hall–Kier alpha value is -1.70. The first-order chi connectivity index (χ1) is 11.1. The summed E-state index contributed by atoms with van der Waals surface area (Å²) < 4.78 is 0. The van der Waals surface area contributed by atoms with Gasteiger partial charge in [0, 0.05) is 22.7 Å². The second kappa shape index (κ2) is 8.41. The van der Waals surface area contributed by atoms with Crippen molar-refractivity contribution in [2.24, 2.45) is 0 Å². The van der Waals surface area contributed by atoms with Gasteiger partial charge in [-0.05, 0) is 55.8 Å². The first kappa shape index (κ1) is 18.6. The summed E-state index contributed by atoms with van der Waals surface area (Å²) in [6, 6.07) is 7.80. The van der Waals surface area contributed by atoms with E-state index in [0.29, 0.717) is 16.9 Å². The predicted molar refractivity (Wildman–Crippen MR) is 94.1 cm³/mol. The number of carbonyl (C=O) groups is 1. The Morgan fingerprint density at radius 1 is 1.42 bits per heavy atom. The molecule has 0 saturated carbocycles. The van der Waals surface area contributed by atoms with Crippen molar-refractivity contribution in [3.63, 3.8) is 0 Å². The summed E-state index contributed by atoms with van der Waals surface area (Å²) in [5, 5.41) is 19.2. The molecule has 2 atom stereocenters. The van der Waals surface area contributed by atoms with Gasteiger partial charge >= 0.3 is 0 Å². The SMILES string of the molecule is CC1CC(NC(=O)Cn2nnc(-c3ccc(Cl)cc3)n2)CCN1.Cl. The summed E-state index contributed by atoms with van der Waals surface area (Å²) in [6.07, 6.45) is 1.88. The highest BCUT2D eigenvalue weighted by atomic mass is 35.5. The average molecular weight is 371 g/mol. The van der Waals surface area contributed by atoms with Crippen molar-refractivity contribution >= 4 is 29.9 Å². The highest BCUT2D eigenvalue weighted by molar-refractivity contribution is 6.30. The van der Waals surface area contributed by atoms with Crippen LogP contribution in [0.1, 0.15) is 19.8 Å². The third-order valence-corrected chi connectivity index (χ3v) is 4.08. The van der Waals surface area contributed by atoms with Crippen LogP contribution >= 0.6 is 24.0 Å². The molecule has 1 fully saturated rings. The lowest BCUT2D eigenvalue weighted by Gasteiger charge is -2.28. The van der Waals surface area contributed by atoms with Crippen LogP contribution in [0.3, 0.4) is 0 Å². The lowest BCUT2D eigenvalue weighted by molar-refractivity contribution is -0.123. The summed E-state index contributed by atoms with van der Waals surface area (Å²) in [6.45, 7) is 3.11. The normalized spacial score (nSPS) is 20.2. The highest BCUT2D eigenvalue weighted by Crippen LogP contribution is 2.16. The molecule has 7 nitrogen and oxygen atoms in total. The fourth-order valence-electron chi connectivity index (χ4n) is 2.69. The van der Waals surface area contributed by atoms with Gasteiger partial charge in [-0.2, -0.15) is 4.80 Å². The zero-order chi connectivity index (χ0) is 16.2. The van der Waals surface area contributed by atoms with Crippen molar-refractivity contribution in [2.45, 2.75) is 38.4 Å². The topological polar surface area (TPSA) is 84.7 Å². The van der Waals surface area contributed by atoms with E-state index in [1.807, 2.05) is 12.1 Å². The van der Waals surface area contributed by atoms with Crippen molar-refractivity contribution < 1.29 is 4.79 Å². The van der Waals surface area contributed by atoms with E-state index in [1.54, 1.807) is 12.1 Å². The number of tetrazole rings is 1. The minimum absolute atomic E-state index is 0. The highest BCUT2D eigenvalue weighted by Gasteiger charge is 2.20. The average Bonchev–Trinajstić information content (AvgIpc) is 2.96. The van der Waals surface area contributed by atoms with Crippen LogP contribution in [0.2, 0.25) is 5.02 Å². The molecule has 2 N–H and O–H groups in total. The van der Waals surface area contributed by atoms with Crippen molar-refractivity contribution in [1.29, 1.82) is 0 Å². The number of hydrogen-bond donors (Lipinski definition) is 2. The molecule has 9 heteroatoms. The van der Waals surface area contributed by atoms with E-state index in [2.05, 4.69) is 33.0 Å². The predicted octanol–water partition coefficient (Wildman–Crippen LogP) is 1.67. The summed E-state index contributed by atoms with van der Waals surface area (Å²) in [7, 11) is 0. The standard InChI is InChI=1S/C15H19ClN6O.ClH/c1-10-8-13(6-7-17-10)18-14(23)9-22-20-15(19-21-22)11-2-4-12(16)5-3-11;/h2-5,10,13,17H,6-9H2,1H3,(H,18,23);1H. The molecule has 1 aromatic heterocycles. The van der Waals surface area contributed by atoms with E-state index in [-0.39, 0.29) is 30.9 Å². The molecule has 1 saturated heterocycles. The Morgan fingerprint density at radius 3 is 2.88 bits per heavy atom. The Balaban J connectivity index is 0.00000208. The maximum Gasteiger partial charge on any atom is 0.243 e. The van der Waals surface area contributed by atoms with E-state index in [1.165, 1.54) is 4.80 Å². The van der Waals surface area contributed by atoms with Gasteiger partial charge in [0.1, 0.15) is 6.54 Å². The quantitative estimate of drug-likeness (QED) is 0.854. The minimum Gasteiger partial charge on any atom is -0.352 e. The van der Waals surface area contributed by atoms with Gasteiger partial charge in [-0.15, -0.1) is 22.6 Å². The molecular formula is C15H20Cl2N6O. The smallest absolute Gasteiger partial charge is 0.243 e. The fourth-order valence-corrected chi connectivity index (χ4v) is 2.82. The van der Waals surface area contributed by atoms with Gasteiger partial charge in [-0.1, -0.05) is 11.6 Å². The number of nitrogens with zero attached hydrogens (tertiary/aromatic N) is 4. The number of nitrogens with one attached hydrogen (secondary N) is 2. The molecule has 1 aliphatic rings. The first-order valence-corrected chi connectivity index (χ1v) is 8.04. The molecule has 0 bridgehead atoms. The second-order valence-electron chi connectivity index (χ2n) is 5.79. The summed E-state index contributed by atoms with van der Waals surface area (Å²) >= 11 is 5.86. The maximum absolute atomic E-state index is 12.1. The van der Waals surface area contributed by atoms with Crippen LogP contribution in [0.5, 0.6) is 0 Å². The molecule has 0 radical (unpaired) electrons. The molecule has 0 aliphatic carbocycles. The molecule has 0 spiro atoms. The molecule has 2 aromatic rings. The Bertz CT molecular complexity index is 675. The Morgan fingerprint density at radius 2 is 2.17 bits per heavy atom. The van der Waals surface area contributed by atoms with Gasteiger partial charge in [0.2, 0.25) is 11.7 Å². The van der Waals surface area contributed by atoms with Crippen LogP contribution in [-0.4, -0.2) is 44.7 Å². The maximum atomic E-state index is 12.1. The minimum atomic E-state index is -0.0934. The molecule has 24 heavy (non-hydrogen) atoms. The number of hydrogen-bond acceptors (Lipinski definition) is 5. The van der Waals surface area contributed by atoms with Gasteiger partial charge < -0.3 is 10.6 Å². The van der Waals surface area contributed by atoms with Gasteiger partial charge in [0.25, 0.3) is 0 Å². The van der Waals surface area contributed by atoms with Crippen LogP contribution in [0.25, 0.3) is 11.4 Å². The van der Waals surface area contributed by atoms with Crippen molar-refractivity contribution in [2.75, 3.05) is 6.54 Å². The second-order valence-corrected chi connectivity index (χ2v) is 6.23. The van der Waals surface area contributed by atoms with Crippen molar-refractivity contribution in [3.8, 4) is 11.4 Å². The molecule has 130 valence electrons. The zero-order valence-electron chi connectivity index (χ0n) is 13.3. The van der Waals surface area contributed by atoms with Crippen molar-refractivity contribution in [1.82, 2.24) is 30.8 Å². The molecular weight excluding hydrogens is 351 g/mol. The monoisotopic (exact) mass is 370 g/mol. The third kappa shape index (κ3) is 4.90. The lowest BCUT2D eigenvalue weighted by Crippen LogP contribution is -2.47. The summed E-state index contributed by atoms with van der Waals surface area (Å²) in [5.41, 5.74) is 0.813. The van der Waals surface area contributed by atoms with E-state index in [9.17, 15) is 4.79 Å². The van der Waals surface area contributed by atoms with Crippen LogP contribution in [-0.2, 0) is 11.3 Å². The van der Waals surface area contributed by atoms with E-state index >= 15 is 0 Å². The first-order valence-electron chi connectivity index (χ1n) is 7.66. The molecule has 2 unspecified atom stereocenters. The van der Waals surface area contributed by atoms with Crippen molar-refractivity contribution in [3.05, 3.63) is 29.3 Å². The largest absolute Gasteiger partial charge is 0.352 e. The number of piperidine rings is 1. The van der Waals surface area contributed by atoms with E-state index in [4.69, 9.17) is 11.6 Å². The fraction of sp³-hybridized carbons (Fsp3) is 0.467. The molecule has 1 aromatic carbocycles. The Kier molecular flexibility index (Phi) is 6.53. The van der Waals surface area contributed by atoms with Gasteiger partial charge in [0.05, 0.1) is 0 Å².